The zero-order chi connectivity index (χ0) is 13.0. The largest absolute Gasteiger partial charge is 0.488 e. The van der Waals surface area contributed by atoms with Crippen LogP contribution in [0.3, 0.4) is 0 Å². The second kappa shape index (κ2) is 7.92. The quantitative estimate of drug-likeness (QED) is 0.837. The summed E-state index contributed by atoms with van der Waals surface area (Å²) in [6, 6.07) is 7.31. The third-order valence-corrected chi connectivity index (χ3v) is 3.34. The molecule has 1 aromatic carbocycles. The Morgan fingerprint density at radius 3 is 2.58 bits per heavy atom. The van der Waals surface area contributed by atoms with Gasteiger partial charge in [-0.3, -0.25) is 4.90 Å². The van der Waals surface area contributed by atoms with Gasteiger partial charge in [-0.2, -0.15) is 0 Å². The Bertz CT molecular complexity index is 369. The van der Waals surface area contributed by atoms with Gasteiger partial charge >= 0.3 is 0 Å². The lowest BCUT2D eigenvalue weighted by atomic mass is 10.1. The average Bonchev–Trinajstić information content (AvgIpc) is 2.33. The van der Waals surface area contributed by atoms with Crippen LogP contribution < -0.4 is 10.5 Å². The molecule has 4 nitrogen and oxygen atoms in total. The standard InChI is InChI=1S/C13H19ClN2O2.ClH/c14-10-1-3-12(4-2-10)18-13-7-16(8-13)6-5-11(15)9-17;/h1-4,11,13,17H,5-9,15H2;1H/t11-;/m0./s1. The van der Waals surface area contributed by atoms with Crippen molar-refractivity contribution in [1.82, 2.24) is 4.90 Å². The van der Waals surface area contributed by atoms with Crippen molar-refractivity contribution < 1.29 is 9.84 Å². The normalized spacial score (nSPS) is 17.4. The molecule has 6 heteroatoms. The lowest BCUT2D eigenvalue weighted by Crippen LogP contribution is -2.54. The van der Waals surface area contributed by atoms with E-state index in [2.05, 4.69) is 4.90 Å². The number of likely N-dealkylation sites (tertiary alicyclic amines) is 1. The van der Waals surface area contributed by atoms with Gasteiger partial charge in [-0.15, -0.1) is 12.4 Å². The fraction of sp³-hybridized carbons (Fsp3) is 0.538. The molecule has 19 heavy (non-hydrogen) atoms. The van der Waals surface area contributed by atoms with Crippen LogP contribution in [0.2, 0.25) is 5.02 Å². The first-order valence-electron chi connectivity index (χ1n) is 6.18. The van der Waals surface area contributed by atoms with Crippen LogP contribution in [-0.4, -0.2) is 48.4 Å². The Morgan fingerprint density at radius 1 is 1.37 bits per heavy atom. The molecule has 0 unspecified atom stereocenters. The molecule has 1 saturated heterocycles. The number of hydrogen-bond donors (Lipinski definition) is 2. The zero-order valence-electron chi connectivity index (χ0n) is 10.7. The smallest absolute Gasteiger partial charge is 0.124 e. The van der Waals surface area contributed by atoms with E-state index in [9.17, 15) is 0 Å². The number of hydrogen-bond acceptors (Lipinski definition) is 4. The number of rotatable bonds is 6. The Hall–Kier alpha value is -0.520. The van der Waals surface area contributed by atoms with Crippen molar-refractivity contribution >= 4 is 24.0 Å². The number of nitrogens with zero attached hydrogens (tertiary/aromatic N) is 1. The number of aliphatic hydroxyl groups excluding tert-OH is 1. The van der Waals surface area contributed by atoms with E-state index in [1.165, 1.54) is 0 Å². The molecule has 1 aliphatic heterocycles. The highest BCUT2D eigenvalue weighted by Gasteiger charge is 2.28. The molecule has 1 fully saturated rings. The van der Waals surface area contributed by atoms with Crippen molar-refractivity contribution in [3.8, 4) is 5.75 Å². The summed E-state index contributed by atoms with van der Waals surface area (Å²) in [7, 11) is 0. The van der Waals surface area contributed by atoms with E-state index in [0.717, 1.165) is 36.8 Å². The third-order valence-electron chi connectivity index (χ3n) is 3.09. The third kappa shape index (κ3) is 5.16. The highest BCUT2D eigenvalue weighted by Crippen LogP contribution is 2.20. The monoisotopic (exact) mass is 306 g/mol. The maximum atomic E-state index is 8.83. The molecule has 0 aromatic heterocycles. The van der Waals surface area contributed by atoms with Crippen molar-refractivity contribution in [1.29, 1.82) is 0 Å². The lowest BCUT2D eigenvalue weighted by molar-refractivity contribution is 0.0174. The summed E-state index contributed by atoms with van der Waals surface area (Å²) in [5.74, 6) is 0.858. The van der Waals surface area contributed by atoms with Gasteiger partial charge < -0.3 is 15.6 Å². The van der Waals surface area contributed by atoms with Crippen LogP contribution in [-0.2, 0) is 0 Å². The summed E-state index contributed by atoms with van der Waals surface area (Å²) in [6.07, 6.45) is 1.07. The summed E-state index contributed by atoms with van der Waals surface area (Å²) in [4.78, 5) is 2.27. The maximum Gasteiger partial charge on any atom is 0.124 e. The van der Waals surface area contributed by atoms with Gasteiger partial charge in [0, 0.05) is 30.7 Å². The minimum absolute atomic E-state index is 0. The second-order valence-corrected chi connectivity index (χ2v) is 5.12. The van der Waals surface area contributed by atoms with Crippen LogP contribution in [0.15, 0.2) is 24.3 Å². The topological polar surface area (TPSA) is 58.7 Å². The average molecular weight is 307 g/mol. The van der Waals surface area contributed by atoms with Crippen LogP contribution in [0.25, 0.3) is 0 Å². The van der Waals surface area contributed by atoms with E-state index in [1.54, 1.807) is 0 Å². The summed E-state index contributed by atoms with van der Waals surface area (Å²) < 4.78 is 5.79. The summed E-state index contributed by atoms with van der Waals surface area (Å²) in [5, 5.41) is 9.55. The second-order valence-electron chi connectivity index (χ2n) is 4.68. The van der Waals surface area contributed by atoms with E-state index in [1.807, 2.05) is 24.3 Å². The number of nitrogens with two attached hydrogens (primary N) is 1. The molecule has 0 aliphatic carbocycles. The molecule has 1 aromatic rings. The maximum absolute atomic E-state index is 8.83. The van der Waals surface area contributed by atoms with E-state index in [0.29, 0.717) is 0 Å². The van der Waals surface area contributed by atoms with E-state index in [4.69, 9.17) is 27.2 Å². The van der Waals surface area contributed by atoms with Gasteiger partial charge in [0.2, 0.25) is 0 Å². The molecule has 2 rings (SSSR count). The predicted molar refractivity (Wildman–Crippen MR) is 79.2 cm³/mol. The van der Waals surface area contributed by atoms with Gasteiger partial charge in [0.15, 0.2) is 0 Å². The van der Waals surface area contributed by atoms with Gasteiger partial charge in [-0.1, -0.05) is 11.6 Å². The molecular formula is C13H20Cl2N2O2. The molecule has 1 heterocycles. The van der Waals surface area contributed by atoms with Gasteiger partial charge in [0.05, 0.1) is 6.61 Å². The summed E-state index contributed by atoms with van der Waals surface area (Å²) in [6.45, 7) is 2.81. The first-order chi connectivity index (χ1) is 8.67. The molecule has 0 amide bonds. The zero-order valence-corrected chi connectivity index (χ0v) is 12.2. The number of halogens is 2. The SMILES string of the molecule is Cl.N[C@H](CO)CCN1CC(Oc2ccc(Cl)cc2)C1. The van der Waals surface area contributed by atoms with Crippen LogP contribution >= 0.6 is 24.0 Å². The Labute approximate surface area is 124 Å². The highest BCUT2D eigenvalue weighted by molar-refractivity contribution is 6.30. The van der Waals surface area contributed by atoms with E-state index in [-0.39, 0.29) is 31.2 Å². The fourth-order valence-electron chi connectivity index (χ4n) is 1.92. The molecule has 0 bridgehead atoms. The minimum Gasteiger partial charge on any atom is -0.488 e. The van der Waals surface area contributed by atoms with E-state index >= 15 is 0 Å². The van der Waals surface area contributed by atoms with Crippen LogP contribution in [0, 0.1) is 0 Å². The van der Waals surface area contributed by atoms with E-state index < -0.39 is 0 Å². The van der Waals surface area contributed by atoms with Crippen molar-refractivity contribution in [2.45, 2.75) is 18.6 Å². The van der Waals surface area contributed by atoms with Gasteiger partial charge in [0.25, 0.3) is 0 Å². The molecule has 1 atom stereocenters. The van der Waals surface area contributed by atoms with Crippen LogP contribution in [0.1, 0.15) is 6.42 Å². The van der Waals surface area contributed by atoms with Gasteiger partial charge in [0.1, 0.15) is 11.9 Å². The minimum atomic E-state index is -0.110. The molecule has 1 aliphatic rings. The van der Waals surface area contributed by atoms with Crippen molar-refractivity contribution in [3.63, 3.8) is 0 Å². The van der Waals surface area contributed by atoms with Gasteiger partial charge in [-0.05, 0) is 30.7 Å². The van der Waals surface area contributed by atoms with Crippen molar-refractivity contribution in [2.24, 2.45) is 5.73 Å². The molecule has 0 saturated carbocycles. The first-order valence-corrected chi connectivity index (χ1v) is 6.56. The number of aliphatic hydroxyl groups is 1. The Morgan fingerprint density at radius 2 is 2.00 bits per heavy atom. The fourth-order valence-corrected chi connectivity index (χ4v) is 2.05. The number of ether oxygens (including phenoxy) is 1. The number of benzene rings is 1. The van der Waals surface area contributed by atoms with Crippen molar-refractivity contribution in [2.75, 3.05) is 26.2 Å². The molecule has 0 spiro atoms. The highest BCUT2D eigenvalue weighted by atomic mass is 35.5. The van der Waals surface area contributed by atoms with Crippen molar-refractivity contribution in [3.05, 3.63) is 29.3 Å². The summed E-state index contributed by atoms with van der Waals surface area (Å²) in [5.41, 5.74) is 5.65. The van der Waals surface area contributed by atoms with Crippen LogP contribution in [0.5, 0.6) is 5.75 Å². The molecule has 0 radical (unpaired) electrons. The predicted octanol–water partition coefficient (Wildman–Crippen LogP) is 1.53. The molecule has 108 valence electrons. The van der Waals surface area contributed by atoms with Gasteiger partial charge in [-0.25, -0.2) is 0 Å². The first kappa shape index (κ1) is 16.5. The lowest BCUT2D eigenvalue weighted by Gasteiger charge is -2.39. The molecular weight excluding hydrogens is 287 g/mol. The Kier molecular flexibility index (Phi) is 6.89. The Balaban J connectivity index is 0.00000180. The van der Waals surface area contributed by atoms with Crippen LogP contribution in [0.4, 0.5) is 0 Å². The molecule has 3 N–H and O–H groups in total. The summed E-state index contributed by atoms with van der Waals surface area (Å²) >= 11 is 5.81.